The second kappa shape index (κ2) is 4.83. The van der Waals surface area contributed by atoms with Gasteiger partial charge in [0.2, 0.25) is 5.91 Å². The first-order valence-corrected chi connectivity index (χ1v) is 6.00. The van der Waals surface area contributed by atoms with Crippen molar-refractivity contribution in [3.63, 3.8) is 0 Å². The van der Waals surface area contributed by atoms with Gasteiger partial charge in [-0.15, -0.1) is 0 Å². The monoisotopic (exact) mass is 255 g/mol. The summed E-state index contributed by atoms with van der Waals surface area (Å²) in [6.07, 6.45) is 2.22. The quantitative estimate of drug-likeness (QED) is 0.700. The number of aliphatic carboxylic acids is 1. The number of amides is 3. The van der Waals surface area contributed by atoms with E-state index in [2.05, 4.69) is 5.32 Å². The van der Waals surface area contributed by atoms with E-state index < -0.39 is 12.0 Å². The number of carboxylic acids is 1. The van der Waals surface area contributed by atoms with Gasteiger partial charge in [0.05, 0.1) is 0 Å². The van der Waals surface area contributed by atoms with Crippen molar-refractivity contribution in [3.05, 3.63) is 0 Å². The van der Waals surface area contributed by atoms with E-state index in [0.717, 1.165) is 17.7 Å². The molecule has 2 aliphatic rings. The molecule has 7 heteroatoms. The molecule has 1 aliphatic carbocycles. The lowest BCUT2D eigenvalue weighted by Gasteiger charge is -2.35. The summed E-state index contributed by atoms with van der Waals surface area (Å²) in [5, 5.41) is 11.5. The SMILES string of the molecule is CN(CC1CC1)C(=O)N1CC(=O)NCC1C(=O)O. The van der Waals surface area contributed by atoms with Crippen LogP contribution in [0.1, 0.15) is 12.8 Å². The van der Waals surface area contributed by atoms with Crippen LogP contribution in [0.5, 0.6) is 0 Å². The molecule has 0 aromatic heterocycles. The molecule has 0 radical (unpaired) electrons. The summed E-state index contributed by atoms with van der Waals surface area (Å²) in [6, 6.07) is -1.36. The van der Waals surface area contributed by atoms with Crippen LogP contribution in [0.25, 0.3) is 0 Å². The predicted molar refractivity (Wildman–Crippen MR) is 61.9 cm³/mol. The van der Waals surface area contributed by atoms with Crippen LogP contribution >= 0.6 is 0 Å². The second-order valence-corrected chi connectivity index (χ2v) is 4.89. The summed E-state index contributed by atoms with van der Waals surface area (Å²) < 4.78 is 0. The zero-order chi connectivity index (χ0) is 13.3. The van der Waals surface area contributed by atoms with Gasteiger partial charge < -0.3 is 15.3 Å². The van der Waals surface area contributed by atoms with Crippen LogP contribution in [0.15, 0.2) is 0 Å². The molecule has 1 saturated carbocycles. The maximum atomic E-state index is 12.1. The highest BCUT2D eigenvalue weighted by Gasteiger charge is 2.37. The Morgan fingerprint density at radius 1 is 1.50 bits per heavy atom. The third kappa shape index (κ3) is 2.72. The highest BCUT2D eigenvalue weighted by molar-refractivity contribution is 5.90. The Labute approximate surface area is 105 Å². The van der Waals surface area contributed by atoms with Gasteiger partial charge in [0.15, 0.2) is 0 Å². The number of urea groups is 1. The van der Waals surface area contributed by atoms with Crippen molar-refractivity contribution in [1.29, 1.82) is 0 Å². The van der Waals surface area contributed by atoms with Crippen LogP contribution in [-0.2, 0) is 9.59 Å². The highest BCUT2D eigenvalue weighted by Crippen LogP contribution is 2.29. The van der Waals surface area contributed by atoms with Crippen molar-refractivity contribution < 1.29 is 19.5 Å². The van der Waals surface area contributed by atoms with E-state index in [1.807, 2.05) is 0 Å². The lowest BCUT2D eigenvalue weighted by molar-refractivity contribution is -0.144. The smallest absolute Gasteiger partial charge is 0.328 e. The first kappa shape index (κ1) is 12.7. The maximum absolute atomic E-state index is 12.1. The molecule has 2 N–H and O–H groups in total. The number of hydrogen-bond donors (Lipinski definition) is 2. The second-order valence-electron chi connectivity index (χ2n) is 4.89. The average Bonchev–Trinajstić information content (AvgIpc) is 3.11. The fraction of sp³-hybridized carbons (Fsp3) is 0.727. The molecule has 7 nitrogen and oxygen atoms in total. The maximum Gasteiger partial charge on any atom is 0.328 e. The molecule has 1 aliphatic heterocycles. The van der Waals surface area contributed by atoms with Gasteiger partial charge in [-0.05, 0) is 18.8 Å². The standard InChI is InChI=1S/C11H17N3O4/c1-13(5-7-2-3-7)11(18)14-6-9(15)12-4-8(14)10(16)17/h7-8H,2-6H2,1H3,(H,12,15)(H,16,17). The minimum Gasteiger partial charge on any atom is -0.480 e. The van der Waals surface area contributed by atoms with Gasteiger partial charge in [0, 0.05) is 20.1 Å². The third-order valence-corrected chi connectivity index (χ3v) is 3.27. The van der Waals surface area contributed by atoms with Crippen molar-refractivity contribution >= 4 is 17.9 Å². The molecule has 0 spiro atoms. The normalized spacial score (nSPS) is 23.5. The number of carbonyl (C=O) groups excluding carboxylic acids is 2. The Hall–Kier alpha value is -1.79. The molecular weight excluding hydrogens is 238 g/mol. The topological polar surface area (TPSA) is 90.0 Å². The van der Waals surface area contributed by atoms with Crippen LogP contribution in [0.3, 0.4) is 0 Å². The molecule has 100 valence electrons. The predicted octanol–water partition coefficient (Wildman–Crippen LogP) is -0.667. The summed E-state index contributed by atoms with van der Waals surface area (Å²) in [6.45, 7) is 0.408. The average molecular weight is 255 g/mol. The first-order chi connectivity index (χ1) is 8.49. The van der Waals surface area contributed by atoms with Gasteiger partial charge in [-0.3, -0.25) is 9.69 Å². The van der Waals surface area contributed by atoms with E-state index >= 15 is 0 Å². The molecule has 1 saturated heterocycles. The molecule has 1 unspecified atom stereocenters. The van der Waals surface area contributed by atoms with Crippen molar-refractivity contribution in [1.82, 2.24) is 15.1 Å². The first-order valence-electron chi connectivity index (χ1n) is 6.00. The largest absolute Gasteiger partial charge is 0.480 e. The number of hydrogen-bond acceptors (Lipinski definition) is 3. The summed E-state index contributed by atoms with van der Waals surface area (Å²) in [4.78, 5) is 37.1. The Kier molecular flexibility index (Phi) is 3.40. The summed E-state index contributed by atoms with van der Waals surface area (Å²) >= 11 is 0. The van der Waals surface area contributed by atoms with Crippen LogP contribution in [-0.4, -0.2) is 65.5 Å². The zero-order valence-corrected chi connectivity index (χ0v) is 10.3. The van der Waals surface area contributed by atoms with E-state index in [1.54, 1.807) is 7.05 Å². The molecular formula is C11H17N3O4. The summed E-state index contributed by atoms with van der Waals surface area (Å²) in [5.41, 5.74) is 0. The summed E-state index contributed by atoms with van der Waals surface area (Å²) in [5.74, 6) is -0.885. The van der Waals surface area contributed by atoms with Crippen LogP contribution in [0.4, 0.5) is 4.79 Å². The van der Waals surface area contributed by atoms with E-state index in [1.165, 1.54) is 4.90 Å². The van der Waals surface area contributed by atoms with Crippen molar-refractivity contribution in [3.8, 4) is 0 Å². The van der Waals surface area contributed by atoms with Crippen molar-refractivity contribution in [2.75, 3.05) is 26.7 Å². The Morgan fingerprint density at radius 2 is 2.17 bits per heavy atom. The van der Waals surface area contributed by atoms with Gasteiger partial charge in [0.25, 0.3) is 0 Å². The molecule has 18 heavy (non-hydrogen) atoms. The molecule has 1 atom stereocenters. The summed E-state index contributed by atoms with van der Waals surface area (Å²) in [7, 11) is 1.64. The number of nitrogens with one attached hydrogen (secondary N) is 1. The van der Waals surface area contributed by atoms with Crippen LogP contribution in [0.2, 0.25) is 0 Å². The number of nitrogens with zero attached hydrogens (tertiary/aromatic N) is 2. The molecule has 0 bridgehead atoms. The minimum absolute atomic E-state index is 0.0306. The highest BCUT2D eigenvalue weighted by atomic mass is 16.4. The number of carboxylic acid groups (broad SMARTS) is 1. The van der Waals surface area contributed by atoms with Gasteiger partial charge in [-0.1, -0.05) is 0 Å². The fourth-order valence-corrected chi connectivity index (χ4v) is 2.05. The third-order valence-electron chi connectivity index (χ3n) is 3.27. The van der Waals surface area contributed by atoms with E-state index in [0.29, 0.717) is 12.5 Å². The Balaban J connectivity index is 2.03. The van der Waals surface area contributed by atoms with Gasteiger partial charge >= 0.3 is 12.0 Å². The molecule has 0 aromatic rings. The van der Waals surface area contributed by atoms with Crippen molar-refractivity contribution in [2.24, 2.45) is 5.92 Å². The molecule has 0 aromatic carbocycles. The van der Waals surface area contributed by atoms with Gasteiger partial charge in [-0.2, -0.15) is 0 Å². The van der Waals surface area contributed by atoms with Gasteiger partial charge in [-0.25, -0.2) is 9.59 Å². The Bertz CT molecular complexity index is 380. The van der Waals surface area contributed by atoms with Crippen LogP contribution in [0, 0.1) is 5.92 Å². The number of rotatable bonds is 3. The van der Waals surface area contributed by atoms with E-state index in [-0.39, 0.29) is 25.0 Å². The fourth-order valence-electron chi connectivity index (χ4n) is 2.05. The molecule has 3 amide bonds. The number of carbonyl (C=O) groups is 3. The molecule has 1 heterocycles. The number of piperazine rings is 1. The lowest BCUT2D eigenvalue weighted by atomic mass is 10.2. The Morgan fingerprint density at radius 3 is 2.72 bits per heavy atom. The lowest BCUT2D eigenvalue weighted by Crippen LogP contribution is -2.61. The zero-order valence-electron chi connectivity index (χ0n) is 10.3. The van der Waals surface area contributed by atoms with Crippen molar-refractivity contribution in [2.45, 2.75) is 18.9 Å². The molecule has 2 fully saturated rings. The van der Waals surface area contributed by atoms with E-state index in [4.69, 9.17) is 5.11 Å². The van der Waals surface area contributed by atoms with Crippen LogP contribution < -0.4 is 5.32 Å². The molecule has 2 rings (SSSR count). The van der Waals surface area contributed by atoms with Gasteiger partial charge in [0.1, 0.15) is 12.6 Å². The minimum atomic E-state index is -1.09. The van der Waals surface area contributed by atoms with E-state index in [9.17, 15) is 14.4 Å².